The fourth-order valence-corrected chi connectivity index (χ4v) is 1.14. The molecule has 0 heterocycles. The van der Waals surface area contributed by atoms with E-state index in [2.05, 4.69) is 10.6 Å². The Balaban J connectivity index is 2.45. The third kappa shape index (κ3) is 4.66. The molecule has 88 valence electrons. The van der Waals surface area contributed by atoms with Crippen molar-refractivity contribution in [1.82, 2.24) is 5.32 Å². The molecule has 0 aliphatic heterocycles. The Kier molecular flexibility index (Phi) is 4.51. The number of urea groups is 1. The van der Waals surface area contributed by atoms with Gasteiger partial charge in [0.15, 0.2) is 0 Å². The summed E-state index contributed by atoms with van der Waals surface area (Å²) in [5, 5.41) is 13.7. The molecule has 0 bridgehead atoms. The molecule has 0 saturated heterocycles. The first kappa shape index (κ1) is 12.5. The van der Waals surface area contributed by atoms with Crippen molar-refractivity contribution in [2.45, 2.75) is 6.42 Å². The summed E-state index contributed by atoms with van der Waals surface area (Å²) in [7, 11) is 0. The summed E-state index contributed by atoms with van der Waals surface area (Å²) in [6.07, 6.45) is 0.0889. The number of hydrogen-bond acceptors (Lipinski definition) is 3. The lowest BCUT2D eigenvalue weighted by molar-refractivity contribution is -0.117. The van der Waals surface area contributed by atoms with E-state index in [4.69, 9.17) is 11.0 Å². The molecule has 0 aromatic heterocycles. The molecule has 0 atom stereocenters. The van der Waals surface area contributed by atoms with Crippen LogP contribution in [-0.4, -0.2) is 18.5 Å². The number of nitrogens with zero attached hydrogens (tertiary/aromatic N) is 1. The van der Waals surface area contributed by atoms with Crippen molar-refractivity contribution < 1.29 is 9.59 Å². The minimum atomic E-state index is -0.475. The van der Waals surface area contributed by atoms with Crippen LogP contribution in [0, 0.1) is 11.3 Å². The van der Waals surface area contributed by atoms with Crippen LogP contribution < -0.4 is 16.4 Å². The summed E-state index contributed by atoms with van der Waals surface area (Å²) in [6.45, 7) is 0.180. The topological polar surface area (TPSA) is 108 Å². The highest BCUT2D eigenvalue weighted by atomic mass is 16.2. The average molecular weight is 232 g/mol. The number of nitriles is 1. The van der Waals surface area contributed by atoms with E-state index in [1.54, 1.807) is 24.3 Å². The summed E-state index contributed by atoms with van der Waals surface area (Å²) in [5.41, 5.74) is 5.90. The Morgan fingerprint density at radius 2 is 2.18 bits per heavy atom. The number of anilines is 1. The molecule has 3 amide bonds. The minimum absolute atomic E-state index is 0.0889. The maximum Gasteiger partial charge on any atom is 0.319 e. The molecular weight excluding hydrogens is 220 g/mol. The lowest BCUT2D eigenvalue weighted by Gasteiger charge is -2.06. The van der Waals surface area contributed by atoms with Gasteiger partial charge in [-0.1, -0.05) is 6.07 Å². The average Bonchev–Trinajstić information content (AvgIpc) is 2.28. The molecule has 0 unspecified atom stereocenters. The number of hydrogen-bond donors (Lipinski definition) is 3. The first-order valence-electron chi connectivity index (χ1n) is 4.95. The summed E-state index contributed by atoms with van der Waals surface area (Å²) in [4.78, 5) is 21.8. The molecular formula is C11H12N4O2. The van der Waals surface area contributed by atoms with E-state index in [0.717, 1.165) is 0 Å². The predicted molar refractivity (Wildman–Crippen MR) is 62.0 cm³/mol. The van der Waals surface area contributed by atoms with E-state index in [1.165, 1.54) is 0 Å². The molecule has 4 N–H and O–H groups in total. The second kappa shape index (κ2) is 6.12. The predicted octanol–water partition coefficient (Wildman–Crippen LogP) is 0.555. The molecule has 0 aliphatic carbocycles. The Morgan fingerprint density at radius 1 is 1.41 bits per heavy atom. The van der Waals surface area contributed by atoms with Crippen LogP contribution in [0.25, 0.3) is 0 Å². The normalized spacial score (nSPS) is 9.12. The van der Waals surface area contributed by atoms with Crippen molar-refractivity contribution >= 4 is 17.6 Å². The number of amides is 3. The molecule has 0 spiro atoms. The fourth-order valence-electron chi connectivity index (χ4n) is 1.14. The molecule has 17 heavy (non-hydrogen) atoms. The van der Waals surface area contributed by atoms with Crippen LogP contribution in [0.4, 0.5) is 10.5 Å². The van der Waals surface area contributed by atoms with Gasteiger partial charge in [-0.3, -0.25) is 4.79 Å². The molecule has 0 radical (unpaired) electrons. The van der Waals surface area contributed by atoms with Gasteiger partial charge in [-0.25, -0.2) is 4.79 Å². The Morgan fingerprint density at radius 3 is 2.82 bits per heavy atom. The SMILES string of the molecule is N#Cc1cccc(NC(=O)NCCC(N)=O)c1. The van der Waals surface area contributed by atoms with Crippen molar-refractivity contribution in [1.29, 1.82) is 5.26 Å². The molecule has 0 aliphatic rings. The molecule has 0 saturated carbocycles. The van der Waals surface area contributed by atoms with Gasteiger partial charge in [-0.15, -0.1) is 0 Å². The van der Waals surface area contributed by atoms with Crippen molar-refractivity contribution in [2.24, 2.45) is 5.73 Å². The zero-order chi connectivity index (χ0) is 12.7. The highest BCUT2D eigenvalue weighted by Crippen LogP contribution is 2.09. The lowest BCUT2D eigenvalue weighted by Crippen LogP contribution is -2.31. The van der Waals surface area contributed by atoms with E-state index in [9.17, 15) is 9.59 Å². The number of primary amides is 1. The number of nitrogens with one attached hydrogen (secondary N) is 2. The van der Waals surface area contributed by atoms with Crippen LogP contribution in [0.1, 0.15) is 12.0 Å². The van der Waals surface area contributed by atoms with E-state index in [-0.39, 0.29) is 13.0 Å². The minimum Gasteiger partial charge on any atom is -0.370 e. The van der Waals surface area contributed by atoms with Gasteiger partial charge in [-0.05, 0) is 18.2 Å². The zero-order valence-electron chi connectivity index (χ0n) is 9.06. The van der Waals surface area contributed by atoms with Crippen LogP contribution in [-0.2, 0) is 4.79 Å². The summed E-state index contributed by atoms with van der Waals surface area (Å²) in [5.74, 6) is -0.475. The molecule has 1 rings (SSSR count). The first-order chi connectivity index (χ1) is 8.11. The van der Waals surface area contributed by atoms with Crippen molar-refractivity contribution in [2.75, 3.05) is 11.9 Å². The molecule has 6 heteroatoms. The number of carbonyl (C=O) groups excluding carboxylic acids is 2. The van der Waals surface area contributed by atoms with E-state index < -0.39 is 11.9 Å². The number of nitrogens with two attached hydrogens (primary N) is 1. The summed E-state index contributed by atoms with van der Waals surface area (Å²) >= 11 is 0. The van der Waals surface area contributed by atoms with E-state index in [1.807, 2.05) is 6.07 Å². The van der Waals surface area contributed by atoms with Crippen molar-refractivity contribution in [3.8, 4) is 6.07 Å². The lowest BCUT2D eigenvalue weighted by atomic mass is 10.2. The first-order valence-corrected chi connectivity index (χ1v) is 4.95. The standard InChI is InChI=1S/C11H12N4O2/c12-7-8-2-1-3-9(6-8)15-11(17)14-5-4-10(13)16/h1-3,6H,4-5H2,(H2,13,16)(H2,14,15,17). The van der Waals surface area contributed by atoms with Gasteiger partial charge in [-0.2, -0.15) is 5.26 Å². The Bertz CT molecular complexity index is 465. The van der Waals surface area contributed by atoms with Crippen LogP contribution >= 0.6 is 0 Å². The number of rotatable bonds is 4. The van der Waals surface area contributed by atoms with E-state index >= 15 is 0 Å². The van der Waals surface area contributed by atoms with Gasteiger partial charge in [0.2, 0.25) is 5.91 Å². The highest BCUT2D eigenvalue weighted by Gasteiger charge is 2.02. The van der Waals surface area contributed by atoms with Gasteiger partial charge in [0.05, 0.1) is 11.6 Å². The second-order valence-corrected chi connectivity index (χ2v) is 3.29. The second-order valence-electron chi connectivity index (χ2n) is 3.29. The van der Waals surface area contributed by atoms with Gasteiger partial charge in [0, 0.05) is 18.7 Å². The summed E-state index contributed by atoms with van der Waals surface area (Å²) < 4.78 is 0. The van der Waals surface area contributed by atoms with Gasteiger partial charge in [0.25, 0.3) is 0 Å². The third-order valence-corrected chi connectivity index (χ3v) is 1.91. The number of carbonyl (C=O) groups is 2. The largest absolute Gasteiger partial charge is 0.370 e. The maximum absolute atomic E-state index is 11.3. The highest BCUT2D eigenvalue weighted by molar-refractivity contribution is 5.89. The molecule has 0 fully saturated rings. The molecule has 1 aromatic carbocycles. The van der Waals surface area contributed by atoms with Crippen molar-refractivity contribution in [3.05, 3.63) is 29.8 Å². The van der Waals surface area contributed by atoms with Gasteiger partial charge >= 0.3 is 6.03 Å². The molecule has 1 aromatic rings. The van der Waals surface area contributed by atoms with Crippen LogP contribution in [0.15, 0.2) is 24.3 Å². The maximum atomic E-state index is 11.3. The van der Waals surface area contributed by atoms with Crippen LogP contribution in [0.3, 0.4) is 0 Å². The fraction of sp³-hybridized carbons (Fsp3) is 0.182. The smallest absolute Gasteiger partial charge is 0.319 e. The van der Waals surface area contributed by atoms with E-state index in [0.29, 0.717) is 11.3 Å². The van der Waals surface area contributed by atoms with Gasteiger partial charge in [0.1, 0.15) is 0 Å². The number of benzene rings is 1. The molecule has 6 nitrogen and oxygen atoms in total. The zero-order valence-corrected chi connectivity index (χ0v) is 9.06. The Hall–Kier alpha value is -2.55. The van der Waals surface area contributed by atoms with Gasteiger partial charge < -0.3 is 16.4 Å². The van der Waals surface area contributed by atoms with Crippen LogP contribution in [0.2, 0.25) is 0 Å². The Labute approximate surface area is 98.4 Å². The van der Waals surface area contributed by atoms with Crippen LogP contribution in [0.5, 0.6) is 0 Å². The summed E-state index contributed by atoms with van der Waals surface area (Å²) in [6, 6.07) is 8.03. The quantitative estimate of drug-likeness (QED) is 0.705. The van der Waals surface area contributed by atoms with Crippen molar-refractivity contribution in [3.63, 3.8) is 0 Å². The monoisotopic (exact) mass is 232 g/mol. The third-order valence-electron chi connectivity index (χ3n) is 1.91.